The molecule has 2 N–H and O–H groups in total. The third kappa shape index (κ3) is 3.26. The van der Waals surface area contributed by atoms with Gasteiger partial charge in [0.15, 0.2) is 0 Å². The zero-order valence-electron chi connectivity index (χ0n) is 15.9. The van der Waals surface area contributed by atoms with Gasteiger partial charge in [-0.15, -0.1) is 0 Å². The highest BCUT2D eigenvalue weighted by molar-refractivity contribution is 5.97. The van der Waals surface area contributed by atoms with Gasteiger partial charge in [0.05, 0.1) is 11.0 Å². The second kappa shape index (κ2) is 7.10. The van der Waals surface area contributed by atoms with E-state index in [0.717, 1.165) is 18.7 Å². The van der Waals surface area contributed by atoms with Crippen molar-refractivity contribution in [2.45, 2.75) is 38.6 Å². The van der Waals surface area contributed by atoms with Gasteiger partial charge in [0.1, 0.15) is 5.82 Å². The summed E-state index contributed by atoms with van der Waals surface area (Å²) in [4.78, 5) is 47.5. The number of likely N-dealkylation sites (tertiary alicyclic amines) is 1. The van der Waals surface area contributed by atoms with E-state index in [9.17, 15) is 14.4 Å². The SMILES string of the molecule is CC(C)n1ccnc1[C@@H]1CCCN(C(=O)c2ccc3[nH]c(=O)c(=O)[nH]c3c2)C1. The summed E-state index contributed by atoms with van der Waals surface area (Å²) in [5.74, 6) is 1.14. The second-order valence-corrected chi connectivity index (χ2v) is 7.55. The number of carbonyl (C=O) groups is 1. The molecule has 0 radical (unpaired) electrons. The maximum atomic E-state index is 13.1. The van der Waals surface area contributed by atoms with Crippen LogP contribution in [-0.2, 0) is 0 Å². The van der Waals surface area contributed by atoms with Crippen molar-refractivity contribution in [3.8, 4) is 0 Å². The van der Waals surface area contributed by atoms with Crippen LogP contribution in [0, 0.1) is 0 Å². The maximum absolute atomic E-state index is 13.1. The summed E-state index contributed by atoms with van der Waals surface area (Å²) in [5.41, 5.74) is 0.000743. The topological polar surface area (TPSA) is 104 Å². The first kappa shape index (κ1) is 18.2. The lowest BCUT2D eigenvalue weighted by atomic mass is 9.96. The molecular formula is C20H23N5O3. The molecule has 8 nitrogen and oxygen atoms in total. The third-order valence-corrected chi connectivity index (χ3v) is 5.30. The van der Waals surface area contributed by atoms with Crippen LogP contribution in [-0.4, -0.2) is 43.4 Å². The van der Waals surface area contributed by atoms with Gasteiger partial charge in [-0.2, -0.15) is 0 Å². The van der Waals surface area contributed by atoms with Crippen molar-refractivity contribution >= 4 is 16.9 Å². The number of amides is 1. The minimum atomic E-state index is -0.726. The van der Waals surface area contributed by atoms with Crippen LogP contribution in [0.5, 0.6) is 0 Å². The molecule has 0 bridgehead atoms. The van der Waals surface area contributed by atoms with E-state index in [-0.39, 0.29) is 11.8 Å². The van der Waals surface area contributed by atoms with Crippen molar-refractivity contribution in [2.75, 3.05) is 13.1 Å². The van der Waals surface area contributed by atoms with E-state index in [4.69, 9.17) is 0 Å². The first-order chi connectivity index (χ1) is 13.4. The van der Waals surface area contributed by atoms with E-state index in [0.29, 0.717) is 35.7 Å². The standard InChI is InChI=1S/C20H23N5O3/c1-12(2)25-9-7-21-17(25)14-4-3-8-24(11-14)20(28)13-5-6-15-16(10-13)23-19(27)18(26)22-15/h5-7,9-10,12,14H,3-4,8,11H2,1-2H3,(H,22,26)(H,23,27)/t14-/m1/s1. The van der Waals surface area contributed by atoms with Gasteiger partial charge in [0.2, 0.25) is 0 Å². The number of H-pyrrole nitrogens is 2. The van der Waals surface area contributed by atoms with Crippen molar-refractivity contribution in [3.05, 3.63) is 62.7 Å². The van der Waals surface area contributed by atoms with Crippen LogP contribution in [0.1, 0.15) is 54.8 Å². The summed E-state index contributed by atoms with van der Waals surface area (Å²) in [5, 5.41) is 0. The van der Waals surface area contributed by atoms with E-state index in [1.165, 1.54) is 0 Å². The predicted molar refractivity (Wildman–Crippen MR) is 106 cm³/mol. The van der Waals surface area contributed by atoms with Gasteiger partial charge in [-0.1, -0.05) is 0 Å². The van der Waals surface area contributed by atoms with Gasteiger partial charge in [-0.25, -0.2) is 4.98 Å². The van der Waals surface area contributed by atoms with Crippen LogP contribution in [0.4, 0.5) is 0 Å². The number of imidazole rings is 1. The zero-order valence-corrected chi connectivity index (χ0v) is 15.9. The molecule has 1 fully saturated rings. The maximum Gasteiger partial charge on any atom is 0.314 e. The van der Waals surface area contributed by atoms with Crippen LogP contribution < -0.4 is 11.1 Å². The Kier molecular flexibility index (Phi) is 4.62. The number of aromatic amines is 2. The number of rotatable bonds is 3. The van der Waals surface area contributed by atoms with Gasteiger partial charge in [-0.3, -0.25) is 14.4 Å². The molecule has 0 spiro atoms. The monoisotopic (exact) mass is 381 g/mol. The number of piperidine rings is 1. The van der Waals surface area contributed by atoms with Crippen LogP contribution in [0.25, 0.3) is 11.0 Å². The Bertz CT molecular complexity index is 1140. The van der Waals surface area contributed by atoms with E-state index >= 15 is 0 Å². The molecule has 1 aliphatic rings. The molecule has 2 aromatic heterocycles. The molecule has 0 unspecified atom stereocenters. The highest BCUT2D eigenvalue weighted by Crippen LogP contribution is 2.28. The Balaban J connectivity index is 1.60. The van der Waals surface area contributed by atoms with Crippen molar-refractivity contribution in [3.63, 3.8) is 0 Å². The Hall–Kier alpha value is -3.16. The molecule has 0 aliphatic carbocycles. The quantitative estimate of drug-likeness (QED) is 0.677. The molecule has 146 valence electrons. The van der Waals surface area contributed by atoms with Crippen molar-refractivity contribution in [1.82, 2.24) is 24.4 Å². The molecule has 3 aromatic rings. The summed E-state index contributed by atoms with van der Waals surface area (Å²) in [6.45, 7) is 5.55. The molecule has 8 heteroatoms. The second-order valence-electron chi connectivity index (χ2n) is 7.55. The first-order valence-corrected chi connectivity index (χ1v) is 9.52. The number of nitrogens with zero attached hydrogens (tertiary/aromatic N) is 3. The average molecular weight is 381 g/mol. The Labute approximate surface area is 161 Å². The molecule has 1 amide bonds. The van der Waals surface area contributed by atoms with E-state index < -0.39 is 11.1 Å². The largest absolute Gasteiger partial charge is 0.338 e. The van der Waals surface area contributed by atoms with Crippen LogP contribution in [0.2, 0.25) is 0 Å². The lowest BCUT2D eigenvalue weighted by Gasteiger charge is -2.33. The Morgan fingerprint density at radius 1 is 1.18 bits per heavy atom. The number of fused-ring (bicyclic) bond motifs is 1. The molecule has 1 saturated heterocycles. The number of nitrogens with one attached hydrogen (secondary N) is 2. The summed E-state index contributed by atoms with van der Waals surface area (Å²) >= 11 is 0. The fourth-order valence-corrected chi connectivity index (χ4v) is 3.88. The van der Waals surface area contributed by atoms with Crippen molar-refractivity contribution in [2.24, 2.45) is 0 Å². The van der Waals surface area contributed by atoms with Gasteiger partial charge in [0, 0.05) is 43.0 Å². The van der Waals surface area contributed by atoms with Crippen LogP contribution in [0.15, 0.2) is 40.2 Å². The molecule has 3 heterocycles. The minimum absolute atomic E-state index is 0.0821. The molecule has 1 aliphatic heterocycles. The van der Waals surface area contributed by atoms with Gasteiger partial charge in [-0.05, 0) is 44.9 Å². The third-order valence-electron chi connectivity index (χ3n) is 5.30. The smallest absolute Gasteiger partial charge is 0.314 e. The predicted octanol–water partition coefficient (Wildman–Crippen LogP) is 2.01. The summed E-state index contributed by atoms with van der Waals surface area (Å²) in [6, 6.07) is 5.26. The minimum Gasteiger partial charge on any atom is -0.338 e. The van der Waals surface area contributed by atoms with E-state index in [1.807, 2.05) is 17.3 Å². The number of carbonyl (C=O) groups excluding carboxylic acids is 1. The van der Waals surface area contributed by atoms with Crippen molar-refractivity contribution in [1.29, 1.82) is 0 Å². The molecule has 1 atom stereocenters. The fraction of sp³-hybridized carbons (Fsp3) is 0.400. The van der Waals surface area contributed by atoms with Crippen LogP contribution in [0.3, 0.4) is 0 Å². The zero-order chi connectivity index (χ0) is 19.8. The molecule has 28 heavy (non-hydrogen) atoms. The lowest BCUT2D eigenvalue weighted by Crippen LogP contribution is -2.40. The molecule has 0 saturated carbocycles. The summed E-state index contributed by atoms with van der Waals surface area (Å²) in [6.07, 6.45) is 5.72. The van der Waals surface area contributed by atoms with E-state index in [2.05, 4.69) is 33.4 Å². The molecular weight excluding hydrogens is 358 g/mol. The average Bonchev–Trinajstić information content (AvgIpc) is 3.18. The van der Waals surface area contributed by atoms with Gasteiger partial charge < -0.3 is 19.4 Å². The van der Waals surface area contributed by atoms with Gasteiger partial charge >= 0.3 is 11.1 Å². The molecule has 1 aromatic carbocycles. The lowest BCUT2D eigenvalue weighted by molar-refractivity contribution is 0.0703. The number of benzene rings is 1. The Morgan fingerprint density at radius 3 is 2.68 bits per heavy atom. The van der Waals surface area contributed by atoms with Crippen LogP contribution >= 0.6 is 0 Å². The van der Waals surface area contributed by atoms with Gasteiger partial charge in [0.25, 0.3) is 5.91 Å². The van der Waals surface area contributed by atoms with E-state index in [1.54, 1.807) is 18.2 Å². The summed E-state index contributed by atoms with van der Waals surface area (Å²) in [7, 11) is 0. The normalized spacial score (nSPS) is 17.4. The fourth-order valence-electron chi connectivity index (χ4n) is 3.88. The Morgan fingerprint density at radius 2 is 1.93 bits per heavy atom. The number of hydrogen-bond acceptors (Lipinski definition) is 4. The summed E-state index contributed by atoms with van der Waals surface area (Å²) < 4.78 is 2.16. The first-order valence-electron chi connectivity index (χ1n) is 9.52. The number of hydrogen-bond donors (Lipinski definition) is 2. The highest BCUT2D eigenvalue weighted by atomic mass is 16.2. The number of aromatic nitrogens is 4. The molecule has 4 rings (SSSR count). The van der Waals surface area contributed by atoms with Crippen molar-refractivity contribution < 1.29 is 4.79 Å². The highest BCUT2D eigenvalue weighted by Gasteiger charge is 2.28.